The molecule has 3 N–H and O–H groups in total. The van der Waals surface area contributed by atoms with Crippen LogP contribution >= 0.6 is 0 Å². The van der Waals surface area contributed by atoms with Crippen molar-refractivity contribution in [2.75, 3.05) is 18.5 Å². The zero-order valence-corrected chi connectivity index (χ0v) is 12.5. The summed E-state index contributed by atoms with van der Waals surface area (Å²) in [6.45, 7) is 0.302. The van der Waals surface area contributed by atoms with Gasteiger partial charge in [0.25, 0.3) is 0 Å². The second-order valence-corrected chi connectivity index (χ2v) is 5.45. The van der Waals surface area contributed by atoms with E-state index in [0.29, 0.717) is 11.4 Å². The summed E-state index contributed by atoms with van der Waals surface area (Å²) >= 11 is 0. The molecule has 22 heavy (non-hydrogen) atoms. The van der Waals surface area contributed by atoms with Gasteiger partial charge in [0.05, 0.1) is 0 Å². The lowest BCUT2D eigenvalue weighted by Gasteiger charge is -2.30. The summed E-state index contributed by atoms with van der Waals surface area (Å²) in [5.41, 5.74) is 0.642. The molecule has 2 rings (SSSR count). The number of terminal acetylenes is 1. The molecular formula is C17H22N2O3. The maximum atomic E-state index is 12.1. The number of aliphatic hydroxyl groups excluding tert-OH is 1. The second kappa shape index (κ2) is 8.30. The molecule has 2 unspecified atom stereocenters. The maximum absolute atomic E-state index is 12.1. The number of hydrogen-bond acceptors (Lipinski definition) is 3. The van der Waals surface area contributed by atoms with Crippen LogP contribution in [0.3, 0.4) is 0 Å². The highest BCUT2D eigenvalue weighted by Crippen LogP contribution is 2.24. The minimum absolute atomic E-state index is 0.0274. The van der Waals surface area contributed by atoms with Crippen LogP contribution in [0.5, 0.6) is 5.75 Å². The van der Waals surface area contributed by atoms with E-state index >= 15 is 0 Å². The van der Waals surface area contributed by atoms with Crippen molar-refractivity contribution in [1.29, 1.82) is 0 Å². The van der Waals surface area contributed by atoms with Gasteiger partial charge in [-0.15, -0.1) is 6.42 Å². The van der Waals surface area contributed by atoms with Crippen molar-refractivity contribution in [1.82, 2.24) is 5.32 Å². The van der Waals surface area contributed by atoms with Gasteiger partial charge in [-0.2, -0.15) is 0 Å². The number of carbonyl (C=O) groups is 1. The van der Waals surface area contributed by atoms with E-state index in [0.717, 1.165) is 25.7 Å². The smallest absolute Gasteiger partial charge is 0.319 e. The average Bonchev–Trinajstić information content (AvgIpc) is 2.53. The van der Waals surface area contributed by atoms with Crippen LogP contribution in [0.1, 0.15) is 25.7 Å². The van der Waals surface area contributed by atoms with Gasteiger partial charge >= 0.3 is 6.03 Å². The molecule has 1 aliphatic carbocycles. The Kier molecular flexibility index (Phi) is 6.11. The van der Waals surface area contributed by atoms with E-state index in [-0.39, 0.29) is 31.2 Å². The molecule has 0 radical (unpaired) electrons. The molecule has 0 heterocycles. The summed E-state index contributed by atoms with van der Waals surface area (Å²) in [5, 5.41) is 15.1. The third-order valence-electron chi connectivity index (χ3n) is 3.87. The van der Waals surface area contributed by atoms with E-state index in [1.165, 1.54) is 0 Å². The number of carbonyl (C=O) groups excluding carboxylic acids is 1. The molecule has 0 aliphatic heterocycles. The number of anilines is 1. The zero-order chi connectivity index (χ0) is 15.8. The van der Waals surface area contributed by atoms with E-state index in [4.69, 9.17) is 11.2 Å². The van der Waals surface area contributed by atoms with Crippen LogP contribution in [0.2, 0.25) is 0 Å². The minimum atomic E-state index is -0.264. The van der Waals surface area contributed by atoms with Crippen molar-refractivity contribution in [3.63, 3.8) is 0 Å². The Morgan fingerprint density at radius 2 is 2.23 bits per heavy atom. The van der Waals surface area contributed by atoms with Crippen molar-refractivity contribution in [2.24, 2.45) is 5.92 Å². The summed E-state index contributed by atoms with van der Waals surface area (Å²) in [5.74, 6) is 3.15. The third-order valence-corrected chi connectivity index (χ3v) is 3.87. The highest BCUT2D eigenvalue weighted by molar-refractivity contribution is 5.89. The normalized spacial score (nSPS) is 20.7. The molecule has 2 amide bonds. The molecule has 1 aromatic rings. The monoisotopic (exact) mass is 302 g/mol. The fourth-order valence-electron chi connectivity index (χ4n) is 2.74. The topological polar surface area (TPSA) is 70.6 Å². The van der Waals surface area contributed by atoms with Crippen molar-refractivity contribution >= 4 is 11.7 Å². The number of aliphatic hydroxyl groups is 1. The fourth-order valence-corrected chi connectivity index (χ4v) is 2.74. The minimum Gasteiger partial charge on any atom is -0.481 e. The number of amides is 2. The first-order valence-corrected chi connectivity index (χ1v) is 7.57. The first kappa shape index (κ1) is 16.2. The van der Waals surface area contributed by atoms with Gasteiger partial charge in [0.1, 0.15) is 12.4 Å². The highest BCUT2D eigenvalue weighted by atomic mass is 16.5. The van der Waals surface area contributed by atoms with Crippen LogP contribution in [0, 0.1) is 18.3 Å². The van der Waals surface area contributed by atoms with E-state index in [1.54, 1.807) is 24.3 Å². The molecule has 118 valence electrons. The van der Waals surface area contributed by atoms with Crippen molar-refractivity contribution in [2.45, 2.75) is 31.7 Å². The third kappa shape index (κ3) is 4.68. The molecule has 5 heteroatoms. The molecule has 0 aromatic heterocycles. The molecule has 1 fully saturated rings. The number of rotatable bonds is 5. The average molecular weight is 302 g/mol. The zero-order valence-electron chi connectivity index (χ0n) is 12.5. The molecule has 1 aromatic carbocycles. The lowest BCUT2D eigenvalue weighted by atomic mass is 9.85. The van der Waals surface area contributed by atoms with Crippen molar-refractivity contribution in [3.05, 3.63) is 24.3 Å². The predicted molar refractivity (Wildman–Crippen MR) is 85.8 cm³/mol. The Morgan fingerprint density at radius 1 is 1.41 bits per heavy atom. The van der Waals surface area contributed by atoms with E-state index in [9.17, 15) is 9.90 Å². The maximum Gasteiger partial charge on any atom is 0.319 e. The van der Waals surface area contributed by atoms with Crippen molar-refractivity contribution < 1.29 is 14.6 Å². The lowest BCUT2D eigenvalue weighted by Crippen LogP contribution is -2.45. The number of nitrogens with one attached hydrogen (secondary N) is 2. The van der Waals surface area contributed by atoms with Gasteiger partial charge in [-0.3, -0.25) is 0 Å². The fraction of sp³-hybridized carbons (Fsp3) is 0.471. The second-order valence-electron chi connectivity index (χ2n) is 5.45. The summed E-state index contributed by atoms with van der Waals surface area (Å²) in [6.07, 6.45) is 9.20. The van der Waals surface area contributed by atoms with Crippen LogP contribution in [0.4, 0.5) is 10.5 Å². The summed E-state index contributed by atoms with van der Waals surface area (Å²) in [4.78, 5) is 12.1. The first-order valence-electron chi connectivity index (χ1n) is 7.57. The quantitative estimate of drug-likeness (QED) is 0.731. The SMILES string of the molecule is C#CCOc1cccc(NC(=O)NC2CCCCC2CO)c1. The summed E-state index contributed by atoms with van der Waals surface area (Å²) < 4.78 is 5.32. The van der Waals surface area contributed by atoms with Crippen LogP contribution in [0.15, 0.2) is 24.3 Å². The number of urea groups is 1. The molecule has 0 bridgehead atoms. The summed E-state index contributed by atoms with van der Waals surface area (Å²) in [6, 6.07) is 6.84. The molecule has 1 saturated carbocycles. The van der Waals surface area contributed by atoms with Gasteiger partial charge in [0.2, 0.25) is 0 Å². The first-order chi connectivity index (χ1) is 10.7. The molecule has 2 atom stereocenters. The number of benzene rings is 1. The standard InChI is InChI=1S/C17H22N2O3/c1-2-10-22-15-8-5-7-14(11-15)18-17(21)19-16-9-4-3-6-13(16)12-20/h1,5,7-8,11,13,16,20H,3-4,6,9-10,12H2,(H2,18,19,21). The van der Waals surface area contributed by atoms with Crippen LogP contribution in [-0.4, -0.2) is 30.4 Å². The Balaban J connectivity index is 1.90. The Labute approximate surface area is 131 Å². The van der Waals surface area contributed by atoms with Crippen LogP contribution in [-0.2, 0) is 0 Å². The Bertz CT molecular complexity index is 539. The van der Waals surface area contributed by atoms with E-state index in [1.807, 2.05) is 0 Å². The largest absolute Gasteiger partial charge is 0.481 e. The lowest BCUT2D eigenvalue weighted by molar-refractivity contribution is 0.156. The summed E-state index contributed by atoms with van der Waals surface area (Å²) in [7, 11) is 0. The van der Waals surface area contributed by atoms with Crippen LogP contribution < -0.4 is 15.4 Å². The number of ether oxygens (including phenoxy) is 1. The van der Waals surface area contributed by atoms with Gasteiger partial charge in [-0.1, -0.05) is 24.8 Å². The van der Waals surface area contributed by atoms with Crippen molar-refractivity contribution in [3.8, 4) is 18.1 Å². The van der Waals surface area contributed by atoms with E-state index in [2.05, 4.69) is 16.6 Å². The highest BCUT2D eigenvalue weighted by Gasteiger charge is 2.25. The molecule has 0 spiro atoms. The van der Waals surface area contributed by atoms with Gasteiger partial charge in [-0.25, -0.2) is 4.79 Å². The molecule has 5 nitrogen and oxygen atoms in total. The predicted octanol–water partition coefficient (Wildman–Crippen LogP) is 2.37. The number of hydrogen-bond donors (Lipinski definition) is 3. The van der Waals surface area contributed by atoms with Crippen LogP contribution in [0.25, 0.3) is 0 Å². The van der Waals surface area contributed by atoms with Gasteiger partial charge < -0.3 is 20.5 Å². The van der Waals surface area contributed by atoms with Gasteiger partial charge in [-0.05, 0) is 25.0 Å². The molecule has 0 saturated heterocycles. The Morgan fingerprint density at radius 3 is 3.00 bits per heavy atom. The Hall–Kier alpha value is -2.19. The van der Waals surface area contributed by atoms with E-state index < -0.39 is 0 Å². The molecule has 1 aliphatic rings. The van der Waals surface area contributed by atoms with Gasteiger partial charge in [0, 0.05) is 30.3 Å². The molecular weight excluding hydrogens is 280 g/mol. The van der Waals surface area contributed by atoms with Gasteiger partial charge in [0.15, 0.2) is 0 Å².